The van der Waals surface area contributed by atoms with Gasteiger partial charge in [-0.1, -0.05) is 36.4 Å². The molecule has 1 aromatic heterocycles. The minimum Gasteiger partial charge on any atom is -0.493 e. The lowest BCUT2D eigenvalue weighted by Crippen LogP contribution is -2.28. The third-order valence-electron chi connectivity index (χ3n) is 5.10. The van der Waals surface area contributed by atoms with E-state index in [1.807, 2.05) is 41.8 Å². The van der Waals surface area contributed by atoms with Crippen molar-refractivity contribution in [3.05, 3.63) is 81.5 Å². The number of ketones is 1. The molecule has 1 heterocycles. The number of methoxy groups -OCH3 is 2. The molecule has 3 aromatic rings. The van der Waals surface area contributed by atoms with E-state index in [-0.39, 0.29) is 17.6 Å². The van der Waals surface area contributed by atoms with Crippen LogP contribution in [0.5, 0.6) is 11.5 Å². The van der Waals surface area contributed by atoms with Crippen LogP contribution in [0.2, 0.25) is 0 Å². The van der Waals surface area contributed by atoms with Crippen LogP contribution in [0.3, 0.4) is 0 Å². The molecule has 2 unspecified atom stereocenters. The minimum atomic E-state index is -0.164. The molecule has 2 atom stereocenters. The van der Waals surface area contributed by atoms with Crippen LogP contribution in [0.4, 0.5) is 0 Å². The smallest absolute Gasteiger partial charge is 0.172 e. The van der Waals surface area contributed by atoms with Crippen molar-refractivity contribution in [2.24, 2.45) is 0 Å². The van der Waals surface area contributed by atoms with E-state index in [0.29, 0.717) is 11.5 Å². The quantitative estimate of drug-likeness (QED) is 0.648. The molecule has 0 amide bonds. The Kier molecular flexibility index (Phi) is 4.51. The lowest BCUT2D eigenvalue weighted by Gasteiger charge is -2.33. The highest BCUT2D eigenvalue weighted by atomic mass is 32.1. The van der Waals surface area contributed by atoms with Crippen LogP contribution in [0, 0.1) is 0 Å². The standard InChI is InChI=1S/C22H20O3S/c1-24-18-11-10-15-17(22(18)25-2)13-16(14-7-4-3-5-8-14)20(21(15)23)19-9-6-12-26-19/h3-12,16,20H,13H2,1-2H3. The van der Waals surface area contributed by atoms with Crippen molar-refractivity contribution < 1.29 is 14.3 Å². The molecule has 4 rings (SSSR count). The van der Waals surface area contributed by atoms with Gasteiger partial charge in [0.2, 0.25) is 0 Å². The third kappa shape index (κ3) is 2.71. The van der Waals surface area contributed by atoms with E-state index in [1.54, 1.807) is 25.6 Å². The Morgan fingerprint density at radius 3 is 2.42 bits per heavy atom. The number of thiophene rings is 1. The molecule has 0 saturated heterocycles. The summed E-state index contributed by atoms with van der Waals surface area (Å²) < 4.78 is 11.1. The summed E-state index contributed by atoms with van der Waals surface area (Å²) in [5, 5.41) is 2.04. The molecule has 1 aliphatic rings. The second kappa shape index (κ2) is 6.96. The van der Waals surface area contributed by atoms with Gasteiger partial charge in [-0.3, -0.25) is 4.79 Å². The molecular formula is C22H20O3S. The number of ether oxygens (including phenoxy) is 2. The molecule has 26 heavy (non-hydrogen) atoms. The molecule has 1 aliphatic carbocycles. The maximum absolute atomic E-state index is 13.5. The number of carbonyl (C=O) groups is 1. The van der Waals surface area contributed by atoms with Gasteiger partial charge < -0.3 is 9.47 Å². The highest BCUT2D eigenvalue weighted by Gasteiger charge is 2.39. The van der Waals surface area contributed by atoms with Crippen LogP contribution < -0.4 is 9.47 Å². The highest BCUT2D eigenvalue weighted by molar-refractivity contribution is 7.10. The van der Waals surface area contributed by atoms with Gasteiger partial charge in [0.05, 0.1) is 20.1 Å². The van der Waals surface area contributed by atoms with Crippen molar-refractivity contribution in [2.75, 3.05) is 14.2 Å². The minimum absolute atomic E-state index is 0.0795. The van der Waals surface area contributed by atoms with E-state index >= 15 is 0 Å². The first kappa shape index (κ1) is 16.9. The predicted octanol–water partition coefficient (Wildman–Crippen LogP) is 5.07. The fraction of sp³-hybridized carbons (Fsp3) is 0.227. The first-order valence-corrected chi connectivity index (χ1v) is 9.49. The first-order chi connectivity index (χ1) is 12.7. The Hall–Kier alpha value is -2.59. The van der Waals surface area contributed by atoms with Gasteiger partial charge in [-0.2, -0.15) is 0 Å². The first-order valence-electron chi connectivity index (χ1n) is 8.61. The molecule has 0 fully saturated rings. The maximum atomic E-state index is 13.5. The summed E-state index contributed by atoms with van der Waals surface area (Å²) in [7, 11) is 3.25. The summed E-state index contributed by atoms with van der Waals surface area (Å²) in [6.07, 6.45) is 0.744. The van der Waals surface area contributed by atoms with Crippen molar-refractivity contribution in [1.29, 1.82) is 0 Å². The molecular weight excluding hydrogens is 344 g/mol. The lowest BCUT2D eigenvalue weighted by molar-refractivity contribution is 0.0935. The van der Waals surface area contributed by atoms with Gasteiger partial charge in [-0.05, 0) is 35.6 Å². The molecule has 4 heteroatoms. The van der Waals surface area contributed by atoms with Crippen molar-refractivity contribution in [1.82, 2.24) is 0 Å². The zero-order chi connectivity index (χ0) is 18.1. The number of rotatable bonds is 4. The lowest BCUT2D eigenvalue weighted by atomic mass is 9.71. The summed E-state index contributed by atoms with van der Waals surface area (Å²) >= 11 is 1.65. The topological polar surface area (TPSA) is 35.5 Å². The molecule has 0 aliphatic heterocycles. The van der Waals surface area contributed by atoms with Crippen LogP contribution in [0.1, 0.15) is 38.2 Å². The van der Waals surface area contributed by atoms with E-state index in [1.165, 1.54) is 5.56 Å². The zero-order valence-corrected chi connectivity index (χ0v) is 15.6. The fourth-order valence-electron chi connectivity index (χ4n) is 3.92. The van der Waals surface area contributed by atoms with E-state index < -0.39 is 0 Å². The van der Waals surface area contributed by atoms with Crippen LogP contribution in [0.25, 0.3) is 0 Å². The van der Waals surface area contributed by atoms with Gasteiger partial charge in [-0.25, -0.2) is 0 Å². The molecule has 0 spiro atoms. The van der Waals surface area contributed by atoms with Crippen LogP contribution in [0.15, 0.2) is 60.0 Å². The molecule has 0 bridgehead atoms. The zero-order valence-electron chi connectivity index (χ0n) is 14.8. The Balaban J connectivity index is 1.90. The van der Waals surface area contributed by atoms with Gasteiger partial charge in [0, 0.05) is 21.9 Å². The Bertz CT molecular complexity index is 916. The summed E-state index contributed by atoms with van der Waals surface area (Å²) in [6, 6.07) is 18.1. The number of benzene rings is 2. The van der Waals surface area contributed by atoms with E-state index in [4.69, 9.17) is 9.47 Å². The fourth-order valence-corrected chi connectivity index (χ4v) is 4.81. The summed E-state index contributed by atoms with van der Waals surface area (Å²) in [6.45, 7) is 0. The number of carbonyl (C=O) groups excluding carboxylic acids is 1. The monoisotopic (exact) mass is 364 g/mol. The number of fused-ring (bicyclic) bond motifs is 1. The normalized spacial score (nSPS) is 19.1. The largest absolute Gasteiger partial charge is 0.493 e. The maximum Gasteiger partial charge on any atom is 0.172 e. The van der Waals surface area contributed by atoms with Gasteiger partial charge in [0.25, 0.3) is 0 Å². The molecule has 132 valence electrons. The average Bonchev–Trinajstić information content (AvgIpc) is 3.21. The molecule has 3 nitrogen and oxygen atoms in total. The van der Waals surface area contributed by atoms with Crippen molar-refractivity contribution in [3.8, 4) is 11.5 Å². The summed E-state index contributed by atoms with van der Waals surface area (Å²) in [5.41, 5.74) is 2.86. The van der Waals surface area contributed by atoms with Crippen LogP contribution >= 0.6 is 11.3 Å². The van der Waals surface area contributed by atoms with Crippen molar-refractivity contribution in [3.63, 3.8) is 0 Å². The van der Waals surface area contributed by atoms with E-state index in [9.17, 15) is 4.79 Å². The third-order valence-corrected chi connectivity index (χ3v) is 6.06. The predicted molar refractivity (Wildman–Crippen MR) is 104 cm³/mol. The summed E-state index contributed by atoms with van der Waals surface area (Å²) in [5.74, 6) is 1.41. The number of hydrogen-bond donors (Lipinski definition) is 0. The molecule has 0 saturated carbocycles. The second-order valence-electron chi connectivity index (χ2n) is 6.41. The van der Waals surface area contributed by atoms with Crippen molar-refractivity contribution in [2.45, 2.75) is 18.3 Å². The Morgan fingerprint density at radius 1 is 0.962 bits per heavy atom. The van der Waals surface area contributed by atoms with E-state index in [2.05, 4.69) is 18.2 Å². The average molecular weight is 364 g/mol. The van der Waals surface area contributed by atoms with E-state index in [0.717, 1.165) is 22.4 Å². The Labute approximate surface area is 157 Å². The van der Waals surface area contributed by atoms with Gasteiger partial charge >= 0.3 is 0 Å². The number of Topliss-reactive ketones (excluding diaryl/α,β-unsaturated/α-hetero) is 1. The molecule has 2 aromatic carbocycles. The summed E-state index contributed by atoms with van der Waals surface area (Å²) in [4.78, 5) is 14.6. The SMILES string of the molecule is COc1ccc2c(c1OC)CC(c1ccccc1)C(c1cccs1)C2=O. The Morgan fingerprint density at radius 2 is 1.77 bits per heavy atom. The van der Waals surface area contributed by atoms with Crippen molar-refractivity contribution >= 4 is 17.1 Å². The van der Waals surface area contributed by atoms with Crippen LogP contribution in [-0.2, 0) is 6.42 Å². The number of hydrogen-bond acceptors (Lipinski definition) is 4. The molecule has 0 N–H and O–H groups in total. The second-order valence-corrected chi connectivity index (χ2v) is 7.39. The van der Waals surface area contributed by atoms with Gasteiger partial charge in [0.15, 0.2) is 17.3 Å². The van der Waals surface area contributed by atoms with Gasteiger partial charge in [0.1, 0.15) is 0 Å². The van der Waals surface area contributed by atoms with Gasteiger partial charge in [-0.15, -0.1) is 11.3 Å². The highest BCUT2D eigenvalue weighted by Crippen LogP contribution is 2.48. The molecule has 0 radical (unpaired) electrons. The van der Waals surface area contributed by atoms with Crippen LogP contribution in [-0.4, -0.2) is 20.0 Å².